The monoisotopic (exact) mass is 243 g/mol. The smallest absolute Gasteiger partial charge is 0.314 e. The molecule has 5 nitrogen and oxygen atoms in total. The normalized spacial score (nSPS) is 18.7. The fourth-order valence-electron chi connectivity index (χ4n) is 1.83. The van der Waals surface area contributed by atoms with Gasteiger partial charge in [0.2, 0.25) is 0 Å². The summed E-state index contributed by atoms with van der Waals surface area (Å²) in [5.74, 6) is 0. The molecule has 1 saturated heterocycles. The van der Waals surface area contributed by atoms with Gasteiger partial charge < -0.3 is 15.4 Å². The van der Waals surface area contributed by atoms with Crippen LogP contribution < -0.4 is 10.6 Å². The summed E-state index contributed by atoms with van der Waals surface area (Å²) in [5, 5.41) is 5.75. The molecule has 1 heterocycles. The Kier molecular flexibility index (Phi) is 6.96. The zero-order chi connectivity index (χ0) is 12.5. The third-order valence-corrected chi connectivity index (χ3v) is 3.04. The minimum atomic E-state index is -0.0569. The van der Waals surface area contributed by atoms with Crippen molar-refractivity contribution in [2.75, 3.05) is 39.4 Å². The number of amides is 2. The van der Waals surface area contributed by atoms with Crippen LogP contribution in [-0.2, 0) is 4.74 Å². The highest BCUT2D eigenvalue weighted by molar-refractivity contribution is 5.73. The molecule has 0 aromatic carbocycles. The summed E-state index contributed by atoms with van der Waals surface area (Å²) in [6, 6.07) is 0.314. The largest absolute Gasteiger partial charge is 0.379 e. The van der Waals surface area contributed by atoms with Gasteiger partial charge in [-0.3, -0.25) is 4.90 Å². The van der Waals surface area contributed by atoms with Gasteiger partial charge in [-0.15, -0.1) is 0 Å². The summed E-state index contributed by atoms with van der Waals surface area (Å²) in [4.78, 5) is 13.8. The van der Waals surface area contributed by atoms with Gasteiger partial charge >= 0.3 is 6.03 Å². The number of hydrogen-bond acceptors (Lipinski definition) is 3. The summed E-state index contributed by atoms with van der Waals surface area (Å²) in [5.41, 5.74) is 0. The number of nitrogens with zero attached hydrogens (tertiary/aromatic N) is 1. The number of carbonyl (C=O) groups excluding carboxylic acids is 1. The molecule has 0 bridgehead atoms. The van der Waals surface area contributed by atoms with Gasteiger partial charge in [-0.05, 0) is 13.3 Å². The molecule has 100 valence electrons. The number of urea groups is 1. The van der Waals surface area contributed by atoms with Crippen molar-refractivity contribution in [3.63, 3.8) is 0 Å². The first kappa shape index (κ1) is 14.3. The molecule has 5 heteroatoms. The summed E-state index contributed by atoms with van der Waals surface area (Å²) in [7, 11) is 0. The standard InChI is InChI=1S/C12H25N3O2/c1-3-4-5-13-12(16)14-10-11(2)15-6-8-17-9-7-15/h11H,3-10H2,1-2H3,(H2,13,14,16). The highest BCUT2D eigenvalue weighted by atomic mass is 16.5. The van der Waals surface area contributed by atoms with E-state index in [0.29, 0.717) is 12.6 Å². The molecule has 1 fully saturated rings. The first-order chi connectivity index (χ1) is 8.24. The number of nitrogens with one attached hydrogen (secondary N) is 2. The topological polar surface area (TPSA) is 53.6 Å². The lowest BCUT2D eigenvalue weighted by molar-refractivity contribution is 0.0209. The van der Waals surface area contributed by atoms with Crippen molar-refractivity contribution >= 4 is 6.03 Å². The van der Waals surface area contributed by atoms with Crippen LogP contribution in [0.5, 0.6) is 0 Å². The van der Waals surface area contributed by atoms with E-state index >= 15 is 0 Å². The number of morpholine rings is 1. The molecule has 0 aromatic rings. The Morgan fingerprint density at radius 2 is 2.06 bits per heavy atom. The van der Waals surface area contributed by atoms with Gasteiger partial charge in [0.05, 0.1) is 13.2 Å². The molecule has 0 spiro atoms. The van der Waals surface area contributed by atoms with E-state index in [1.807, 2.05) is 0 Å². The highest BCUT2D eigenvalue weighted by Gasteiger charge is 2.17. The van der Waals surface area contributed by atoms with Gasteiger partial charge in [0, 0.05) is 32.2 Å². The summed E-state index contributed by atoms with van der Waals surface area (Å²) >= 11 is 0. The Morgan fingerprint density at radius 1 is 1.35 bits per heavy atom. The van der Waals surface area contributed by atoms with Gasteiger partial charge in [0.25, 0.3) is 0 Å². The molecule has 0 radical (unpaired) electrons. The Balaban J connectivity index is 2.09. The number of unbranched alkanes of at least 4 members (excludes halogenated alkanes) is 1. The van der Waals surface area contributed by atoms with E-state index in [0.717, 1.165) is 45.7 Å². The van der Waals surface area contributed by atoms with Gasteiger partial charge in [-0.2, -0.15) is 0 Å². The average molecular weight is 243 g/mol. The van der Waals surface area contributed by atoms with Crippen LogP contribution in [0, 0.1) is 0 Å². The molecule has 17 heavy (non-hydrogen) atoms. The van der Waals surface area contributed by atoms with Gasteiger partial charge in [-0.1, -0.05) is 13.3 Å². The fourth-order valence-corrected chi connectivity index (χ4v) is 1.83. The number of carbonyl (C=O) groups is 1. The first-order valence-corrected chi connectivity index (χ1v) is 6.57. The van der Waals surface area contributed by atoms with Crippen molar-refractivity contribution < 1.29 is 9.53 Å². The maximum atomic E-state index is 11.4. The van der Waals surface area contributed by atoms with E-state index in [2.05, 4.69) is 29.4 Å². The van der Waals surface area contributed by atoms with E-state index in [-0.39, 0.29) is 6.03 Å². The Bertz CT molecular complexity index is 218. The molecule has 0 saturated carbocycles. The maximum Gasteiger partial charge on any atom is 0.314 e. The molecular formula is C12H25N3O2. The maximum absolute atomic E-state index is 11.4. The molecule has 1 rings (SSSR count). The third kappa shape index (κ3) is 5.89. The van der Waals surface area contributed by atoms with Crippen LogP contribution in [0.4, 0.5) is 4.79 Å². The van der Waals surface area contributed by atoms with Crippen molar-refractivity contribution in [1.82, 2.24) is 15.5 Å². The molecule has 1 aliphatic heterocycles. The summed E-state index contributed by atoms with van der Waals surface area (Å²) in [6.45, 7) is 9.21. The van der Waals surface area contributed by atoms with Crippen molar-refractivity contribution in [3.05, 3.63) is 0 Å². The van der Waals surface area contributed by atoms with Gasteiger partial charge in [0.15, 0.2) is 0 Å². The van der Waals surface area contributed by atoms with Crippen molar-refractivity contribution in [3.8, 4) is 0 Å². The SMILES string of the molecule is CCCCNC(=O)NCC(C)N1CCOCC1. The fraction of sp³-hybridized carbons (Fsp3) is 0.917. The molecule has 1 atom stereocenters. The van der Waals surface area contributed by atoms with Crippen LogP contribution in [-0.4, -0.2) is 56.4 Å². The second-order valence-electron chi connectivity index (χ2n) is 4.49. The Morgan fingerprint density at radius 3 is 2.71 bits per heavy atom. The van der Waals surface area contributed by atoms with Crippen molar-refractivity contribution in [2.45, 2.75) is 32.7 Å². The van der Waals surface area contributed by atoms with Crippen LogP contribution in [0.3, 0.4) is 0 Å². The van der Waals surface area contributed by atoms with E-state index in [1.165, 1.54) is 0 Å². The molecule has 2 N–H and O–H groups in total. The van der Waals surface area contributed by atoms with Gasteiger partial charge in [-0.25, -0.2) is 4.79 Å². The lowest BCUT2D eigenvalue weighted by atomic mass is 10.2. The van der Waals surface area contributed by atoms with Crippen LogP contribution in [0.2, 0.25) is 0 Å². The minimum Gasteiger partial charge on any atom is -0.379 e. The van der Waals surface area contributed by atoms with Crippen LogP contribution in [0.1, 0.15) is 26.7 Å². The molecule has 2 amide bonds. The second-order valence-corrected chi connectivity index (χ2v) is 4.49. The van der Waals surface area contributed by atoms with Gasteiger partial charge in [0.1, 0.15) is 0 Å². The lowest BCUT2D eigenvalue weighted by Gasteiger charge is -2.32. The molecular weight excluding hydrogens is 218 g/mol. The zero-order valence-corrected chi connectivity index (χ0v) is 11.0. The Labute approximate surface area is 104 Å². The molecule has 1 aliphatic rings. The average Bonchev–Trinajstić information content (AvgIpc) is 2.37. The molecule has 0 aromatic heterocycles. The molecule has 0 aliphatic carbocycles. The second kappa shape index (κ2) is 8.31. The number of rotatable bonds is 6. The van der Waals surface area contributed by atoms with Crippen molar-refractivity contribution in [1.29, 1.82) is 0 Å². The third-order valence-electron chi connectivity index (χ3n) is 3.04. The Hall–Kier alpha value is -0.810. The van der Waals surface area contributed by atoms with E-state index in [9.17, 15) is 4.79 Å². The van der Waals surface area contributed by atoms with E-state index in [4.69, 9.17) is 4.74 Å². The number of ether oxygens (including phenoxy) is 1. The van der Waals surface area contributed by atoms with Crippen LogP contribution in [0.25, 0.3) is 0 Å². The van der Waals surface area contributed by atoms with Crippen molar-refractivity contribution in [2.24, 2.45) is 0 Å². The summed E-state index contributed by atoms with van der Waals surface area (Å²) in [6.07, 6.45) is 2.14. The predicted molar refractivity (Wildman–Crippen MR) is 68.2 cm³/mol. The quantitative estimate of drug-likeness (QED) is 0.679. The van der Waals surface area contributed by atoms with Crippen LogP contribution >= 0.6 is 0 Å². The zero-order valence-electron chi connectivity index (χ0n) is 11.0. The minimum absolute atomic E-state index is 0.0569. The first-order valence-electron chi connectivity index (χ1n) is 6.57. The number of hydrogen-bond donors (Lipinski definition) is 2. The van der Waals surface area contributed by atoms with Crippen LogP contribution in [0.15, 0.2) is 0 Å². The van der Waals surface area contributed by atoms with E-state index < -0.39 is 0 Å². The predicted octanol–water partition coefficient (Wildman–Crippen LogP) is 0.806. The summed E-state index contributed by atoms with van der Waals surface area (Å²) < 4.78 is 5.30. The highest BCUT2D eigenvalue weighted by Crippen LogP contribution is 2.02. The van der Waals surface area contributed by atoms with E-state index in [1.54, 1.807) is 0 Å². The molecule has 1 unspecified atom stereocenters. The lowest BCUT2D eigenvalue weighted by Crippen LogP contribution is -2.48.